The van der Waals surface area contributed by atoms with E-state index in [0.717, 1.165) is 28.8 Å². The van der Waals surface area contributed by atoms with E-state index in [1.54, 1.807) is 31.2 Å². The lowest BCUT2D eigenvalue weighted by atomic mass is 10.2. The smallest absolute Gasteiger partial charge is 0.370 e. The Balaban J connectivity index is 2.33. The third kappa shape index (κ3) is 4.54. The minimum Gasteiger partial charge on any atom is -0.370 e. The largest absolute Gasteiger partial charge is 0.416 e. The van der Waals surface area contributed by atoms with E-state index in [-0.39, 0.29) is 10.8 Å². The molecule has 112 valence electrons. The molecular weight excluding hydrogens is 321 g/mol. The molecular formula is C14H12ClF3N2S. The van der Waals surface area contributed by atoms with Crippen LogP contribution in [0.3, 0.4) is 0 Å². The van der Waals surface area contributed by atoms with Crippen molar-refractivity contribution in [3.8, 4) is 0 Å². The van der Waals surface area contributed by atoms with Crippen molar-refractivity contribution in [1.82, 2.24) is 4.98 Å². The SMILES string of the molecule is CCNc1cc(C(F)(F)F)cc(Sc2ccc(Cl)cc2)n1. The summed E-state index contributed by atoms with van der Waals surface area (Å²) in [5, 5.41) is 3.66. The Kier molecular flexibility index (Phi) is 5.00. The molecule has 0 bridgehead atoms. The van der Waals surface area contributed by atoms with Crippen molar-refractivity contribution in [3.05, 3.63) is 47.0 Å². The first kappa shape index (κ1) is 16.0. The van der Waals surface area contributed by atoms with Gasteiger partial charge >= 0.3 is 6.18 Å². The van der Waals surface area contributed by atoms with Gasteiger partial charge in [-0.15, -0.1) is 0 Å². The number of nitrogens with zero attached hydrogens (tertiary/aromatic N) is 1. The molecule has 0 amide bonds. The van der Waals surface area contributed by atoms with Crippen molar-refractivity contribution in [1.29, 1.82) is 0 Å². The minimum atomic E-state index is -4.40. The van der Waals surface area contributed by atoms with E-state index in [1.165, 1.54) is 0 Å². The molecule has 0 fully saturated rings. The predicted octanol–water partition coefficient (Wildman–Crippen LogP) is 5.34. The van der Waals surface area contributed by atoms with Crippen molar-refractivity contribution in [3.63, 3.8) is 0 Å². The maximum atomic E-state index is 12.9. The first-order chi connectivity index (χ1) is 9.88. The molecule has 0 radical (unpaired) electrons. The molecule has 1 N–H and O–H groups in total. The second-order valence-corrected chi connectivity index (χ2v) is 5.69. The van der Waals surface area contributed by atoms with Gasteiger partial charge in [-0.25, -0.2) is 4.98 Å². The zero-order valence-corrected chi connectivity index (χ0v) is 12.6. The molecule has 0 aliphatic rings. The van der Waals surface area contributed by atoms with Crippen LogP contribution in [0.1, 0.15) is 12.5 Å². The zero-order valence-electron chi connectivity index (χ0n) is 11.0. The molecule has 1 aromatic heterocycles. The molecule has 0 atom stereocenters. The average molecular weight is 333 g/mol. The summed E-state index contributed by atoms with van der Waals surface area (Å²) in [5.41, 5.74) is -0.718. The fourth-order valence-corrected chi connectivity index (χ4v) is 2.59. The van der Waals surface area contributed by atoms with Gasteiger partial charge in [-0.3, -0.25) is 0 Å². The Labute approximate surface area is 129 Å². The highest BCUT2D eigenvalue weighted by atomic mass is 35.5. The number of alkyl halides is 3. The van der Waals surface area contributed by atoms with Crippen molar-refractivity contribution >= 4 is 29.2 Å². The standard InChI is InChI=1S/C14H12ClF3N2S/c1-2-19-12-7-9(14(16,17)18)8-13(20-12)21-11-5-3-10(15)4-6-11/h3-8H,2H2,1H3,(H,19,20). The Hall–Kier alpha value is -1.40. The molecule has 1 aromatic carbocycles. The Morgan fingerprint density at radius 1 is 1.19 bits per heavy atom. The molecule has 0 spiro atoms. The summed E-state index contributed by atoms with van der Waals surface area (Å²) < 4.78 is 38.7. The first-order valence-corrected chi connectivity index (χ1v) is 7.34. The molecule has 2 nitrogen and oxygen atoms in total. The summed E-state index contributed by atoms with van der Waals surface area (Å²) >= 11 is 6.94. The van der Waals surface area contributed by atoms with Crippen molar-refractivity contribution in [2.45, 2.75) is 23.0 Å². The summed E-state index contributed by atoms with van der Waals surface area (Å²) in [7, 11) is 0. The normalized spacial score (nSPS) is 11.5. The van der Waals surface area contributed by atoms with Crippen LogP contribution in [0.5, 0.6) is 0 Å². The van der Waals surface area contributed by atoms with Crippen LogP contribution >= 0.6 is 23.4 Å². The molecule has 7 heteroatoms. The topological polar surface area (TPSA) is 24.9 Å². The van der Waals surface area contributed by atoms with Gasteiger partial charge in [-0.2, -0.15) is 13.2 Å². The van der Waals surface area contributed by atoms with E-state index < -0.39 is 11.7 Å². The van der Waals surface area contributed by atoms with Gasteiger partial charge in [-0.05, 0) is 43.3 Å². The highest BCUT2D eigenvalue weighted by molar-refractivity contribution is 7.99. The molecule has 0 unspecified atom stereocenters. The fraction of sp³-hybridized carbons (Fsp3) is 0.214. The number of hydrogen-bond acceptors (Lipinski definition) is 3. The van der Waals surface area contributed by atoms with E-state index in [0.29, 0.717) is 11.6 Å². The second-order valence-electron chi connectivity index (χ2n) is 4.16. The number of halogens is 4. The molecule has 2 aromatic rings. The lowest BCUT2D eigenvalue weighted by molar-refractivity contribution is -0.137. The average Bonchev–Trinajstić information content (AvgIpc) is 2.41. The number of nitrogens with one attached hydrogen (secondary N) is 1. The first-order valence-electron chi connectivity index (χ1n) is 6.15. The number of benzene rings is 1. The predicted molar refractivity (Wildman–Crippen MR) is 79.0 cm³/mol. The van der Waals surface area contributed by atoms with E-state index in [1.807, 2.05) is 0 Å². The second kappa shape index (κ2) is 6.58. The lowest BCUT2D eigenvalue weighted by Gasteiger charge is -2.11. The maximum absolute atomic E-state index is 12.9. The van der Waals surface area contributed by atoms with E-state index >= 15 is 0 Å². The van der Waals surface area contributed by atoms with Gasteiger partial charge in [0.25, 0.3) is 0 Å². The zero-order chi connectivity index (χ0) is 15.5. The van der Waals surface area contributed by atoms with Crippen LogP contribution < -0.4 is 5.32 Å². The number of anilines is 1. The van der Waals surface area contributed by atoms with Crippen LogP contribution in [0.15, 0.2) is 46.3 Å². The van der Waals surface area contributed by atoms with Crippen LogP contribution in [0.25, 0.3) is 0 Å². The fourth-order valence-electron chi connectivity index (χ4n) is 1.62. The van der Waals surface area contributed by atoms with Crippen LogP contribution in [0.4, 0.5) is 19.0 Å². The quantitative estimate of drug-likeness (QED) is 0.818. The Bertz CT molecular complexity index is 615. The maximum Gasteiger partial charge on any atom is 0.416 e. The molecule has 1 heterocycles. The van der Waals surface area contributed by atoms with Crippen LogP contribution in [-0.4, -0.2) is 11.5 Å². The van der Waals surface area contributed by atoms with Gasteiger partial charge in [0.15, 0.2) is 0 Å². The van der Waals surface area contributed by atoms with E-state index in [2.05, 4.69) is 10.3 Å². The van der Waals surface area contributed by atoms with E-state index in [4.69, 9.17) is 11.6 Å². The van der Waals surface area contributed by atoms with Gasteiger partial charge in [0.1, 0.15) is 10.8 Å². The third-order valence-corrected chi connectivity index (χ3v) is 3.70. The van der Waals surface area contributed by atoms with Crippen LogP contribution in [0, 0.1) is 0 Å². The summed E-state index contributed by atoms with van der Waals surface area (Å²) in [5.74, 6) is 0.212. The van der Waals surface area contributed by atoms with Gasteiger partial charge in [0.2, 0.25) is 0 Å². The van der Waals surface area contributed by atoms with E-state index in [9.17, 15) is 13.2 Å². The van der Waals surface area contributed by atoms with Crippen molar-refractivity contribution in [2.75, 3.05) is 11.9 Å². The summed E-state index contributed by atoms with van der Waals surface area (Å²) in [6.45, 7) is 2.30. The van der Waals surface area contributed by atoms with Gasteiger partial charge in [-0.1, -0.05) is 23.4 Å². The van der Waals surface area contributed by atoms with Crippen molar-refractivity contribution < 1.29 is 13.2 Å². The van der Waals surface area contributed by atoms with Gasteiger partial charge in [0.05, 0.1) is 5.56 Å². The highest BCUT2D eigenvalue weighted by Crippen LogP contribution is 2.35. The number of rotatable bonds is 4. The summed E-state index contributed by atoms with van der Waals surface area (Å²) in [4.78, 5) is 4.95. The Morgan fingerprint density at radius 2 is 1.86 bits per heavy atom. The van der Waals surface area contributed by atoms with Crippen LogP contribution in [-0.2, 0) is 6.18 Å². The molecule has 0 aliphatic heterocycles. The van der Waals surface area contributed by atoms with Gasteiger partial charge in [0, 0.05) is 16.5 Å². The van der Waals surface area contributed by atoms with Crippen LogP contribution in [0.2, 0.25) is 5.02 Å². The summed E-state index contributed by atoms with van der Waals surface area (Å²) in [6, 6.07) is 8.89. The lowest BCUT2D eigenvalue weighted by Crippen LogP contribution is -2.08. The highest BCUT2D eigenvalue weighted by Gasteiger charge is 2.31. The number of hydrogen-bond donors (Lipinski definition) is 1. The molecule has 0 saturated carbocycles. The third-order valence-electron chi connectivity index (χ3n) is 2.52. The van der Waals surface area contributed by atoms with Gasteiger partial charge < -0.3 is 5.32 Å². The minimum absolute atomic E-state index is 0.212. The summed E-state index contributed by atoms with van der Waals surface area (Å²) in [6.07, 6.45) is -4.40. The number of pyridine rings is 1. The monoisotopic (exact) mass is 332 g/mol. The van der Waals surface area contributed by atoms with Crippen molar-refractivity contribution in [2.24, 2.45) is 0 Å². The number of aromatic nitrogens is 1. The molecule has 0 saturated heterocycles. The Morgan fingerprint density at radius 3 is 2.43 bits per heavy atom. The molecule has 2 rings (SSSR count). The molecule has 21 heavy (non-hydrogen) atoms. The molecule has 0 aliphatic carbocycles.